The van der Waals surface area contributed by atoms with Gasteiger partial charge in [-0.25, -0.2) is 23.7 Å². The topological polar surface area (TPSA) is 59.4 Å². The molecule has 30 heavy (non-hydrogen) atoms. The van der Waals surface area contributed by atoms with E-state index in [-0.39, 0.29) is 11.0 Å². The molecule has 4 aromatic rings. The number of aromatic amines is 1. The van der Waals surface area contributed by atoms with E-state index in [1.807, 2.05) is 37.5 Å². The van der Waals surface area contributed by atoms with Gasteiger partial charge in [-0.3, -0.25) is 0 Å². The van der Waals surface area contributed by atoms with Gasteiger partial charge in [0.15, 0.2) is 5.65 Å². The van der Waals surface area contributed by atoms with Crippen LogP contribution in [0.15, 0.2) is 36.7 Å². The zero-order chi connectivity index (χ0) is 21.6. The molecule has 0 radical (unpaired) electrons. The van der Waals surface area contributed by atoms with Crippen molar-refractivity contribution in [3.63, 3.8) is 0 Å². The van der Waals surface area contributed by atoms with E-state index in [4.69, 9.17) is 4.98 Å². The number of rotatable bonds is 4. The van der Waals surface area contributed by atoms with Crippen LogP contribution in [-0.4, -0.2) is 24.5 Å². The Morgan fingerprint density at radius 2 is 1.83 bits per heavy atom. The zero-order valence-corrected chi connectivity index (χ0v) is 17.8. The minimum atomic E-state index is -0.658. The summed E-state index contributed by atoms with van der Waals surface area (Å²) in [6.45, 7) is 11.1. The zero-order valence-electron chi connectivity index (χ0n) is 17.8. The first-order valence-corrected chi connectivity index (χ1v) is 10.0. The Morgan fingerprint density at radius 1 is 1.07 bits per heavy atom. The summed E-state index contributed by atoms with van der Waals surface area (Å²) in [6, 6.07) is 7.27. The fourth-order valence-corrected chi connectivity index (χ4v) is 3.40. The lowest BCUT2D eigenvalue weighted by atomic mass is 9.96. The highest BCUT2D eigenvalue weighted by Gasteiger charge is 2.25. The average molecular weight is 409 g/mol. The molecular formula is C23H25F2N5. The summed E-state index contributed by atoms with van der Waals surface area (Å²) < 4.78 is 30.1. The first-order valence-electron chi connectivity index (χ1n) is 10.0. The number of aromatic nitrogens is 5. The summed E-state index contributed by atoms with van der Waals surface area (Å²) in [5, 5.41) is 0. The lowest BCUT2D eigenvalue weighted by molar-refractivity contribution is 0.530. The van der Waals surface area contributed by atoms with Crippen molar-refractivity contribution in [3.05, 3.63) is 54.1 Å². The Bertz CT molecular complexity index is 1210. The van der Waals surface area contributed by atoms with Gasteiger partial charge in [-0.2, -0.15) is 0 Å². The Hall–Kier alpha value is -3.09. The van der Waals surface area contributed by atoms with Crippen molar-refractivity contribution in [2.45, 2.75) is 46.6 Å². The third-order valence-corrected chi connectivity index (χ3v) is 4.88. The maximum atomic E-state index is 14.6. The highest BCUT2D eigenvalue weighted by molar-refractivity contribution is 5.81. The molecule has 5 nitrogen and oxygen atoms in total. The van der Waals surface area contributed by atoms with E-state index >= 15 is 0 Å². The summed E-state index contributed by atoms with van der Waals surface area (Å²) in [4.78, 5) is 17.3. The quantitative estimate of drug-likeness (QED) is 0.469. The molecule has 4 rings (SSSR count). The second kappa shape index (κ2) is 7.31. The van der Waals surface area contributed by atoms with Gasteiger partial charge >= 0.3 is 0 Å². The van der Waals surface area contributed by atoms with E-state index in [2.05, 4.69) is 28.8 Å². The maximum Gasteiger partial charge on any atom is 0.160 e. The molecule has 0 aliphatic carbocycles. The van der Waals surface area contributed by atoms with Crippen LogP contribution in [0.5, 0.6) is 0 Å². The molecule has 3 aromatic heterocycles. The second-order valence-corrected chi connectivity index (χ2v) is 9.01. The molecule has 0 aliphatic rings. The van der Waals surface area contributed by atoms with Crippen molar-refractivity contribution in [1.82, 2.24) is 24.5 Å². The summed E-state index contributed by atoms with van der Waals surface area (Å²) in [6.07, 6.45) is 1.79. The van der Waals surface area contributed by atoms with E-state index < -0.39 is 11.6 Å². The van der Waals surface area contributed by atoms with Crippen molar-refractivity contribution in [2.75, 3.05) is 0 Å². The van der Waals surface area contributed by atoms with Gasteiger partial charge in [0, 0.05) is 23.6 Å². The van der Waals surface area contributed by atoms with Crippen molar-refractivity contribution >= 4 is 11.2 Å². The van der Waals surface area contributed by atoms with Crippen LogP contribution in [-0.2, 0) is 12.0 Å². The largest absolute Gasteiger partial charge is 0.340 e. The minimum absolute atomic E-state index is 0.232. The highest BCUT2D eigenvalue weighted by atomic mass is 19.1. The van der Waals surface area contributed by atoms with E-state index in [0.717, 1.165) is 23.8 Å². The van der Waals surface area contributed by atoms with Crippen LogP contribution in [0.3, 0.4) is 0 Å². The smallest absolute Gasteiger partial charge is 0.160 e. The van der Waals surface area contributed by atoms with Crippen LogP contribution < -0.4 is 0 Å². The van der Waals surface area contributed by atoms with Gasteiger partial charge in [-0.1, -0.05) is 34.6 Å². The van der Waals surface area contributed by atoms with Gasteiger partial charge < -0.3 is 9.55 Å². The normalized spacial score (nSPS) is 12.3. The summed E-state index contributed by atoms with van der Waals surface area (Å²) in [5.41, 5.74) is 3.16. The monoisotopic (exact) mass is 409 g/mol. The molecule has 7 heteroatoms. The first kappa shape index (κ1) is 20.2. The molecule has 0 aliphatic heterocycles. The molecule has 3 heterocycles. The average Bonchev–Trinajstić information content (AvgIpc) is 3.25. The summed E-state index contributed by atoms with van der Waals surface area (Å²) in [7, 11) is 0. The van der Waals surface area contributed by atoms with E-state index in [1.54, 1.807) is 6.33 Å². The predicted octanol–water partition coefficient (Wildman–Crippen LogP) is 5.72. The van der Waals surface area contributed by atoms with Crippen LogP contribution in [0, 0.1) is 17.6 Å². The van der Waals surface area contributed by atoms with E-state index in [0.29, 0.717) is 28.8 Å². The number of pyridine rings is 1. The molecule has 0 atom stereocenters. The molecule has 0 amide bonds. The van der Waals surface area contributed by atoms with E-state index in [9.17, 15) is 8.78 Å². The van der Waals surface area contributed by atoms with Crippen molar-refractivity contribution in [1.29, 1.82) is 0 Å². The number of fused-ring (bicyclic) bond motifs is 1. The van der Waals surface area contributed by atoms with Crippen LogP contribution >= 0.6 is 0 Å². The molecule has 0 fully saturated rings. The molecule has 0 unspecified atom stereocenters. The summed E-state index contributed by atoms with van der Waals surface area (Å²) >= 11 is 0. The number of hydrogen-bond donors (Lipinski definition) is 1. The standard InChI is InChI=1S/C23H25F2N5/c1-13(2)11-30-12-26-18-9-8-17(27-21(18)30)20-19(28-22(29-20)23(3,4)5)15-7-6-14(24)10-16(15)25/h6-10,12-13H,11H2,1-5H3,(H,28,29). The third kappa shape index (κ3) is 3.72. The number of nitrogens with one attached hydrogen (secondary N) is 1. The van der Waals surface area contributed by atoms with Crippen LogP contribution in [0.1, 0.15) is 40.4 Å². The fraction of sp³-hybridized carbons (Fsp3) is 0.348. The Kier molecular flexibility index (Phi) is 4.92. The first-order chi connectivity index (χ1) is 14.1. The Labute approximate surface area is 174 Å². The second-order valence-electron chi connectivity index (χ2n) is 9.01. The predicted molar refractivity (Wildman–Crippen MR) is 114 cm³/mol. The molecule has 0 bridgehead atoms. The minimum Gasteiger partial charge on any atom is -0.340 e. The van der Waals surface area contributed by atoms with Crippen molar-refractivity contribution < 1.29 is 8.78 Å². The Morgan fingerprint density at radius 3 is 2.50 bits per heavy atom. The van der Waals surface area contributed by atoms with Gasteiger partial charge in [0.1, 0.15) is 28.7 Å². The number of benzene rings is 1. The molecule has 1 aromatic carbocycles. The van der Waals surface area contributed by atoms with Crippen LogP contribution in [0.25, 0.3) is 33.8 Å². The van der Waals surface area contributed by atoms with Gasteiger partial charge in [0.05, 0.1) is 17.7 Å². The van der Waals surface area contributed by atoms with Crippen molar-refractivity contribution in [3.8, 4) is 22.6 Å². The SMILES string of the molecule is CC(C)Cn1cnc2ccc(-c3[nH]c(C(C)(C)C)nc3-c3ccc(F)cc3F)nc21. The third-order valence-electron chi connectivity index (χ3n) is 4.88. The molecular weight excluding hydrogens is 384 g/mol. The number of halogens is 2. The van der Waals surface area contributed by atoms with Gasteiger partial charge in [-0.15, -0.1) is 0 Å². The van der Waals surface area contributed by atoms with Crippen LogP contribution in [0.4, 0.5) is 8.78 Å². The van der Waals surface area contributed by atoms with E-state index in [1.165, 1.54) is 12.1 Å². The molecule has 0 spiro atoms. The number of hydrogen-bond acceptors (Lipinski definition) is 3. The summed E-state index contributed by atoms with van der Waals surface area (Å²) in [5.74, 6) is -0.138. The molecule has 156 valence electrons. The molecule has 0 saturated heterocycles. The van der Waals surface area contributed by atoms with Gasteiger partial charge in [0.25, 0.3) is 0 Å². The number of imidazole rings is 2. The number of nitrogens with zero attached hydrogens (tertiary/aromatic N) is 4. The highest BCUT2D eigenvalue weighted by Crippen LogP contribution is 2.34. The molecule has 1 N–H and O–H groups in total. The number of H-pyrrole nitrogens is 1. The van der Waals surface area contributed by atoms with Crippen molar-refractivity contribution in [2.24, 2.45) is 5.92 Å². The van der Waals surface area contributed by atoms with Gasteiger partial charge in [0.2, 0.25) is 0 Å². The molecule has 0 saturated carbocycles. The van der Waals surface area contributed by atoms with Gasteiger partial charge in [-0.05, 0) is 30.2 Å². The fourth-order valence-electron chi connectivity index (χ4n) is 3.40. The lowest BCUT2D eigenvalue weighted by Gasteiger charge is -2.14. The van der Waals surface area contributed by atoms with Crippen LogP contribution in [0.2, 0.25) is 0 Å². The maximum absolute atomic E-state index is 14.6. The lowest BCUT2D eigenvalue weighted by Crippen LogP contribution is -2.13. The Balaban J connectivity index is 1.92.